The van der Waals surface area contributed by atoms with Crippen LogP contribution >= 0.6 is 0 Å². The van der Waals surface area contributed by atoms with Gasteiger partial charge >= 0.3 is 0 Å². The molecule has 1 aliphatic rings. The Morgan fingerprint density at radius 3 is 1.90 bits per heavy atom. The van der Waals surface area contributed by atoms with Gasteiger partial charge in [-0.25, -0.2) is 4.39 Å². The summed E-state index contributed by atoms with van der Waals surface area (Å²) in [5.41, 5.74) is 2.19. The van der Waals surface area contributed by atoms with E-state index in [1.807, 2.05) is 12.1 Å². The highest BCUT2D eigenvalue weighted by Crippen LogP contribution is 2.50. The molecule has 3 aromatic rings. The molecular formula is C27H31FNO+. The monoisotopic (exact) mass is 404 g/mol. The summed E-state index contributed by atoms with van der Waals surface area (Å²) >= 11 is 0. The Hall–Kier alpha value is -2.49. The first kappa shape index (κ1) is 20.8. The minimum atomic E-state index is -1.06. The van der Waals surface area contributed by atoms with E-state index in [0.29, 0.717) is 0 Å². The van der Waals surface area contributed by atoms with Gasteiger partial charge in [0.2, 0.25) is 0 Å². The minimum Gasteiger partial charge on any atom is -0.384 e. The first-order chi connectivity index (χ1) is 14.6. The van der Waals surface area contributed by atoms with Crippen LogP contribution in [0.1, 0.15) is 55.5 Å². The SMILES string of the molecule is CCC[C@H]1[C@@H](c2ccccc2)[NH2+][C@H](c2ccccc2)[C@H](C)[C@]1(O)c1ccc(F)cc1. The maximum absolute atomic E-state index is 13.7. The average molecular weight is 405 g/mol. The fraction of sp³-hybridized carbons (Fsp3) is 0.333. The summed E-state index contributed by atoms with van der Waals surface area (Å²) in [5.74, 6) is -0.296. The van der Waals surface area contributed by atoms with E-state index in [1.54, 1.807) is 12.1 Å². The highest BCUT2D eigenvalue weighted by atomic mass is 19.1. The molecule has 0 amide bonds. The predicted octanol–water partition coefficient (Wildman–Crippen LogP) is 5.13. The summed E-state index contributed by atoms with van der Waals surface area (Å²) in [6.07, 6.45) is 1.88. The lowest BCUT2D eigenvalue weighted by Gasteiger charge is -2.51. The van der Waals surface area contributed by atoms with Crippen molar-refractivity contribution in [3.8, 4) is 0 Å². The fourth-order valence-electron chi connectivity index (χ4n) is 5.41. The van der Waals surface area contributed by atoms with Crippen LogP contribution in [0.5, 0.6) is 0 Å². The van der Waals surface area contributed by atoms with Crippen molar-refractivity contribution in [2.75, 3.05) is 0 Å². The van der Waals surface area contributed by atoms with Crippen LogP contribution in [-0.4, -0.2) is 5.11 Å². The van der Waals surface area contributed by atoms with E-state index in [4.69, 9.17) is 0 Å². The van der Waals surface area contributed by atoms with E-state index < -0.39 is 5.60 Å². The lowest BCUT2D eigenvalue weighted by atomic mass is 9.61. The van der Waals surface area contributed by atoms with Crippen molar-refractivity contribution in [3.63, 3.8) is 0 Å². The van der Waals surface area contributed by atoms with Crippen molar-refractivity contribution in [1.82, 2.24) is 0 Å². The van der Waals surface area contributed by atoms with Crippen LogP contribution in [0.4, 0.5) is 4.39 Å². The van der Waals surface area contributed by atoms with E-state index in [0.717, 1.165) is 18.4 Å². The summed E-state index contributed by atoms with van der Waals surface area (Å²) in [6, 6.07) is 27.6. The van der Waals surface area contributed by atoms with Crippen molar-refractivity contribution in [1.29, 1.82) is 0 Å². The Balaban J connectivity index is 1.88. The number of nitrogens with two attached hydrogens (primary N) is 1. The molecule has 5 atom stereocenters. The van der Waals surface area contributed by atoms with Crippen molar-refractivity contribution in [3.05, 3.63) is 107 Å². The second-order valence-electron chi connectivity index (χ2n) is 8.58. The number of hydrogen-bond donors (Lipinski definition) is 2. The molecule has 0 radical (unpaired) electrons. The molecule has 3 aromatic carbocycles. The van der Waals surface area contributed by atoms with Crippen molar-refractivity contribution in [2.45, 2.75) is 44.4 Å². The Morgan fingerprint density at radius 2 is 1.37 bits per heavy atom. The second kappa shape index (κ2) is 8.71. The molecule has 0 saturated carbocycles. The average Bonchev–Trinajstić information content (AvgIpc) is 2.79. The van der Waals surface area contributed by atoms with E-state index in [1.165, 1.54) is 23.3 Å². The number of halogens is 1. The maximum atomic E-state index is 13.7. The molecule has 1 aliphatic heterocycles. The van der Waals surface area contributed by atoms with Gasteiger partial charge in [0.25, 0.3) is 0 Å². The lowest BCUT2D eigenvalue weighted by molar-refractivity contribution is -0.766. The molecule has 3 heteroatoms. The molecule has 0 aromatic heterocycles. The topological polar surface area (TPSA) is 36.8 Å². The Labute approximate surface area is 178 Å². The molecule has 0 spiro atoms. The van der Waals surface area contributed by atoms with Crippen LogP contribution in [-0.2, 0) is 5.60 Å². The maximum Gasteiger partial charge on any atom is 0.123 e. The van der Waals surface area contributed by atoms with Gasteiger partial charge in [-0.1, -0.05) is 93.1 Å². The van der Waals surface area contributed by atoms with E-state index in [9.17, 15) is 9.50 Å². The lowest BCUT2D eigenvalue weighted by Crippen LogP contribution is -2.93. The number of piperidine rings is 1. The van der Waals surface area contributed by atoms with Gasteiger partial charge in [-0.05, 0) is 24.1 Å². The number of quaternary nitrogens is 1. The van der Waals surface area contributed by atoms with Gasteiger partial charge in [0.05, 0.1) is 0 Å². The van der Waals surface area contributed by atoms with Gasteiger partial charge in [0, 0.05) is 23.0 Å². The third-order valence-corrected chi connectivity index (χ3v) is 6.92. The van der Waals surface area contributed by atoms with Crippen molar-refractivity contribution < 1.29 is 14.8 Å². The standard InChI is InChI=1S/C27H30FNO/c1-3-10-24-26(21-13-8-5-9-14-21)29-25(20-11-6-4-7-12-20)19(2)27(24,30)22-15-17-23(28)18-16-22/h4-9,11-19,24-26,29-30H,3,10H2,1-2H3/p+1/t19-,24-,25-,26+,27-/m0/s1. The van der Waals surface area contributed by atoms with Crippen LogP contribution in [0.3, 0.4) is 0 Å². The van der Waals surface area contributed by atoms with Gasteiger partial charge in [0.1, 0.15) is 23.5 Å². The third kappa shape index (κ3) is 3.68. The molecule has 0 unspecified atom stereocenters. The second-order valence-corrected chi connectivity index (χ2v) is 8.58. The molecule has 1 heterocycles. The zero-order valence-electron chi connectivity index (χ0n) is 17.7. The molecule has 156 valence electrons. The van der Waals surface area contributed by atoms with Gasteiger partial charge in [-0.15, -0.1) is 0 Å². The molecule has 1 fully saturated rings. The zero-order valence-corrected chi connectivity index (χ0v) is 17.7. The summed E-state index contributed by atoms with van der Waals surface area (Å²) in [6.45, 7) is 4.31. The van der Waals surface area contributed by atoms with Crippen molar-refractivity contribution >= 4 is 0 Å². The van der Waals surface area contributed by atoms with Gasteiger partial charge in [-0.3, -0.25) is 0 Å². The minimum absolute atomic E-state index is 0.0188. The molecule has 1 saturated heterocycles. The summed E-state index contributed by atoms with van der Waals surface area (Å²) in [4.78, 5) is 0. The predicted molar refractivity (Wildman–Crippen MR) is 118 cm³/mol. The first-order valence-corrected chi connectivity index (χ1v) is 11.0. The van der Waals surface area contributed by atoms with E-state index in [-0.39, 0.29) is 29.7 Å². The summed E-state index contributed by atoms with van der Waals surface area (Å²) in [7, 11) is 0. The smallest absolute Gasteiger partial charge is 0.123 e. The quantitative estimate of drug-likeness (QED) is 0.608. The van der Waals surface area contributed by atoms with Gasteiger partial charge in [-0.2, -0.15) is 0 Å². The van der Waals surface area contributed by atoms with Crippen LogP contribution in [0.15, 0.2) is 84.9 Å². The number of benzene rings is 3. The Bertz CT molecular complexity index is 944. The fourth-order valence-corrected chi connectivity index (χ4v) is 5.41. The molecule has 3 N–H and O–H groups in total. The van der Waals surface area contributed by atoms with E-state index in [2.05, 4.69) is 67.7 Å². The zero-order chi connectivity index (χ0) is 21.1. The van der Waals surface area contributed by atoms with Crippen LogP contribution in [0.2, 0.25) is 0 Å². The molecule has 30 heavy (non-hydrogen) atoms. The van der Waals surface area contributed by atoms with Crippen molar-refractivity contribution in [2.24, 2.45) is 11.8 Å². The largest absolute Gasteiger partial charge is 0.384 e. The summed E-state index contributed by atoms with van der Waals surface area (Å²) in [5, 5.41) is 14.9. The Kier molecular flexibility index (Phi) is 6.03. The van der Waals surface area contributed by atoms with Crippen LogP contribution in [0, 0.1) is 17.7 Å². The molecule has 0 aliphatic carbocycles. The summed E-state index contributed by atoms with van der Waals surface area (Å²) < 4.78 is 13.7. The van der Waals surface area contributed by atoms with Crippen LogP contribution in [0.25, 0.3) is 0 Å². The Morgan fingerprint density at radius 1 is 0.833 bits per heavy atom. The first-order valence-electron chi connectivity index (χ1n) is 11.0. The number of hydrogen-bond acceptors (Lipinski definition) is 1. The number of aliphatic hydroxyl groups is 1. The molecular weight excluding hydrogens is 373 g/mol. The molecule has 4 rings (SSSR count). The van der Waals surface area contributed by atoms with Crippen LogP contribution < -0.4 is 5.32 Å². The van der Waals surface area contributed by atoms with E-state index >= 15 is 0 Å². The van der Waals surface area contributed by atoms with Gasteiger partial charge < -0.3 is 10.4 Å². The molecule has 0 bridgehead atoms. The normalized spacial score (nSPS) is 28.9. The van der Waals surface area contributed by atoms with Gasteiger partial charge in [0.15, 0.2) is 0 Å². The molecule has 2 nitrogen and oxygen atoms in total. The highest BCUT2D eigenvalue weighted by molar-refractivity contribution is 5.31. The number of rotatable bonds is 5. The highest BCUT2D eigenvalue weighted by Gasteiger charge is 2.56. The third-order valence-electron chi connectivity index (χ3n) is 6.92.